The van der Waals surface area contributed by atoms with Gasteiger partial charge < -0.3 is 19.5 Å². The lowest BCUT2D eigenvalue weighted by molar-refractivity contribution is -0.113. The van der Waals surface area contributed by atoms with E-state index in [1.54, 1.807) is 0 Å². The number of anilines is 1. The average molecular weight is 408 g/mol. The highest BCUT2D eigenvalue weighted by Crippen LogP contribution is 2.38. The van der Waals surface area contributed by atoms with Gasteiger partial charge in [-0.25, -0.2) is 0 Å². The van der Waals surface area contributed by atoms with Gasteiger partial charge in [-0.05, 0) is 36.8 Å². The fourth-order valence-corrected chi connectivity index (χ4v) is 3.72. The van der Waals surface area contributed by atoms with E-state index < -0.39 is 0 Å². The first-order valence-electron chi connectivity index (χ1n) is 8.85. The van der Waals surface area contributed by atoms with Gasteiger partial charge in [-0.1, -0.05) is 23.7 Å². The molecule has 0 aromatic heterocycles. The normalized spacial score (nSPS) is 13.0. The van der Waals surface area contributed by atoms with Crippen molar-refractivity contribution >= 4 is 35.0 Å². The quantitative estimate of drug-likeness (QED) is 0.716. The lowest BCUT2D eigenvalue weighted by Crippen LogP contribution is -2.15. The van der Waals surface area contributed by atoms with Crippen LogP contribution in [0.1, 0.15) is 18.9 Å². The van der Waals surface area contributed by atoms with Crippen molar-refractivity contribution < 1.29 is 19.0 Å². The third-order valence-electron chi connectivity index (χ3n) is 3.82. The fourth-order valence-electron chi connectivity index (χ4n) is 2.67. The Morgan fingerprint density at radius 2 is 2.07 bits per heavy atom. The highest BCUT2D eigenvalue weighted by Gasteiger charge is 2.16. The van der Waals surface area contributed by atoms with Gasteiger partial charge in [0.25, 0.3) is 0 Å². The zero-order chi connectivity index (χ0) is 19.1. The van der Waals surface area contributed by atoms with E-state index in [1.807, 2.05) is 43.3 Å². The van der Waals surface area contributed by atoms with E-state index >= 15 is 0 Å². The predicted octanol–water partition coefficient (Wildman–Crippen LogP) is 4.77. The molecular formula is C20H22ClNO4S. The number of rotatable bonds is 7. The van der Waals surface area contributed by atoms with Crippen molar-refractivity contribution in [2.24, 2.45) is 0 Å². The van der Waals surface area contributed by atoms with Crippen molar-refractivity contribution in [2.75, 3.05) is 30.9 Å². The second-order valence-corrected chi connectivity index (χ2v) is 7.32. The number of hydrogen-bond donors (Lipinski definition) is 1. The maximum absolute atomic E-state index is 12.2. The van der Waals surface area contributed by atoms with Crippen molar-refractivity contribution in [3.63, 3.8) is 0 Å². The molecule has 0 aliphatic carbocycles. The summed E-state index contributed by atoms with van der Waals surface area (Å²) in [5, 5.41) is 3.44. The summed E-state index contributed by atoms with van der Waals surface area (Å²) in [4.78, 5) is 12.2. The molecule has 0 atom stereocenters. The van der Waals surface area contributed by atoms with Crippen LogP contribution in [0.4, 0.5) is 5.69 Å². The summed E-state index contributed by atoms with van der Waals surface area (Å²) in [5.74, 6) is 2.85. The Labute approximate surface area is 168 Å². The van der Waals surface area contributed by atoms with E-state index in [1.165, 1.54) is 11.8 Å². The monoisotopic (exact) mass is 407 g/mol. The van der Waals surface area contributed by atoms with Gasteiger partial charge in [0.1, 0.15) is 5.75 Å². The largest absolute Gasteiger partial charge is 0.492 e. The molecule has 0 bridgehead atoms. The number of thioether (sulfide) groups is 1. The SMILES string of the molecule is CCOc1ccccc1NC(=O)CSCc1cc(Cl)c2c(c1)OCCCO2. The van der Waals surface area contributed by atoms with Crippen LogP contribution < -0.4 is 19.5 Å². The molecule has 27 heavy (non-hydrogen) atoms. The Kier molecular flexibility index (Phi) is 7.12. The number of carbonyl (C=O) groups is 1. The second-order valence-electron chi connectivity index (χ2n) is 5.93. The highest BCUT2D eigenvalue weighted by atomic mass is 35.5. The smallest absolute Gasteiger partial charge is 0.234 e. The molecule has 0 radical (unpaired) electrons. The average Bonchev–Trinajstić information content (AvgIpc) is 2.89. The van der Waals surface area contributed by atoms with E-state index in [4.69, 9.17) is 25.8 Å². The first-order chi connectivity index (χ1) is 13.2. The van der Waals surface area contributed by atoms with Crippen LogP contribution in [0.5, 0.6) is 17.2 Å². The summed E-state index contributed by atoms with van der Waals surface area (Å²) >= 11 is 7.82. The molecule has 1 aliphatic rings. The molecule has 3 rings (SSSR count). The molecular weight excluding hydrogens is 386 g/mol. The van der Waals surface area contributed by atoms with Crippen molar-refractivity contribution in [2.45, 2.75) is 19.1 Å². The molecule has 1 heterocycles. The fraction of sp³-hybridized carbons (Fsp3) is 0.350. The first kappa shape index (κ1) is 19.7. The van der Waals surface area contributed by atoms with E-state index in [0.29, 0.717) is 59.3 Å². The summed E-state index contributed by atoms with van der Waals surface area (Å²) in [6.45, 7) is 3.67. The molecule has 0 saturated heterocycles. The molecule has 1 aliphatic heterocycles. The van der Waals surface area contributed by atoms with Crippen molar-refractivity contribution in [3.8, 4) is 17.2 Å². The lowest BCUT2D eigenvalue weighted by Gasteiger charge is -2.12. The minimum atomic E-state index is -0.0763. The molecule has 0 unspecified atom stereocenters. The number of hydrogen-bond acceptors (Lipinski definition) is 5. The van der Waals surface area contributed by atoms with Gasteiger partial charge in [0.05, 0.1) is 36.3 Å². The Morgan fingerprint density at radius 3 is 2.93 bits per heavy atom. The summed E-state index contributed by atoms with van der Waals surface area (Å²) in [6, 6.07) is 11.2. The summed E-state index contributed by atoms with van der Waals surface area (Å²) in [5.41, 5.74) is 1.68. The lowest BCUT2D eigenvalue weighted by atomic mass is 10.2. The molecule has 2 aromatic carbocycles. The third kappa shape index (κ3) is 5.47. The number of ether oxygens (including phenoxy) is 3. The zero-order valence-corrected chi connectivity index (χ0v) is 16.7. The zero-order valence-electron chi connectivity index (χ0n) is 15.1. The van der Waals surface area contributed by atoms with Gasteiger partial charge >= 0.3 is 0 Å². The number of benzene rings is 2. The van der Waals surface area contributed by atoms with Crippen LogP contribution in [0.15, 0.2) is 36.4 Å². The van der Waals surface area contributed by atoms with Crippen molar-refractivity contribution in [1.82, 2.24) is 0 Å². The standard InChI is InChI=1S/C20H22ClNO4S/c1-2-24-17-7-4-3-6-16(17)22-19(23)13-27-12-14-10-15(21)20-18(11-14)25-8-5-9-26-20/h3-4,6-7,10-11H,2,5,8-9,12-13H2,1H3,(H,22,23). The van der Waals surface area contributed by atoms with Crippen molar-refractivity contribution in [3.05, 3.63) is 47.0 Å². The van der Waals surface area contributed by atoms with Gasteiger partial charge in [-0.15, -0.1) is 11.8 Å². The molecule has 0 spiro atoms. The van der Waals surface area contributed by atoms with E-state index in [0.717, 1.165) is 12.0 Å². The summed E-state index contributed by atoms with van der Waals surface area (Å²) in [7, 11) is 0. The maximum atomic E-state index is 12.2. The van der Waals surface area contributed by atoms with Gasteiger partial charge in [-0.3, -0.25) is 4.79 Å². The Bertz CT molecular complexity index is 800. The topological polar surface area (TPSA) is 56.8 Å². The van der Waals surface area contributed by atoms with Crippen LogP contribution >= 0.6 is 23.4 Å². The number of fused-ring (bicyclic) bond motifs is 1. The molecule has 0 saturated carbocycles. The molecule has 1 amide bonds. The molecule has 7 heteroatoms. The van der Waals surface area contributed by atoms with Crippen LogP contribution in [0, 0.1) is 0 Å². The van der Waals surface area contributed by atoms with Gasteiger partial charge in [0.15, 0.2) is 11.5 Å². The highest BCUT2D eigenvalue weighted by molar-refractivity contribution is 7.99. The molecule has 144 valence electrons. The van der Waals surface area contributed by atoms with Crippen LogP contribution in [0.25, 0.3) is 0 Å². The van der Waals surface area contributed by atoms with Crippen LogP contribution in [-0.2, 0) is 10.5 Å². The summed E-state index contributed by atoms with van der Waals surface area (Å²) < 4.78 is 16.9. The Balaban J connectivity index is 1.55. The second kappa shape index (κ2) is 9.76. The molecule has 1 N–H and O–H groups in total. The number of nitrogens with one attached hydrogen (secondary N) is 1. The van der Waals surface area contributed by atoms with Crippen LogP contribution in [0.2, 0.25) is 5.02 Å². The molecule has 2 aromatic rings. The van der Waals surface area contributed by atoms with Crippen molar-refractivity contribution in [1.29, 1.82) is 0 Å². The van der Waals surface area contributed by atoms with Gasteiger partial charge in [0, 0.05) is 12.2 Å². The van der Waals surface area contributed by atoms with Crippen LogP contribution in [0.3, 0.4) is 0 Å². The maximum Gasteiger partial charge on any atom is 0.234 e. The van der Waals surface area contributed by atoms with E-state index in [9.17, 15) is 4.79 Å². The summed E-state index contributed by atoms with van der Waals surface area (Å²) in [6.07, 6.45) is 0.832. The third-order valence-corrected chi connectivity index (χ3v) is 5.11. The minimum Gasteiger partial charge on any atom is -0.492 e. The van der Waals surface area contributed by atoms with Crippen LogP contribution in [-0.4, -0.2) is 31.5 Å². The number of amides is 1. The van der Waals surface area contributed by atoms with E-state index in [2.05, 4.69) is 5.32 Å². The van der Waals surface area contributed by atoms with E-state index in [-0.39, 0.29) is 5.91 Å². The Hall–Kier alpha value is -2.05. The van der Waals surface area contributed by atoms with Gasteiger partial charge in [0.2, 0.25) is 5.91 Å². The molecule has 0 fully saturated rings. The number of halogens is 1. The predicted molar refractivity (Wildman–Crippen MR) is 109 cm³/mol. The first-order valence-corrected chi connectivity index (χ1v) is 10.4. The van der Waals surface area contributed by atoms with Gasteiger partial charge in [-0.2, -0.15) is 0 Å². The number of carbonyl (C=O) groups excluding carboxylic acids is 1. The Morgan fingerprint density at radius 1 is 1.26 bits per heavy atom. The molecule has 5 nitrogen and oxygen atoms in total. The number of para-hydroxylation sites is 2. The minimum absolute atomic E-state index is 0.0763.